The van der Waals surface area contributed by atoms with Gasteiger partial charge in [0, 0.05) is 55.5 Å². The Morgan fingerprint density at radius 1 is 0.150 bits per heavy atom. The molecule has 27 rings (SSSR count). The predicted octanol–water partition coefficient (Wildman–Crippen LogP) is 32.1. The number of hydrogen-bond acceptors (Lipinski definition) is 4. The number of benzene rings is 20. The molecule has 4 heteroatoms. The summed E-state index contributed by atoms with van der Waals surface area (Å²) in [6.07, 6.45) is 0. The van der Waals surface area contributed by atoms with Gasteiger partial charge in [-0.05, 0) is 277 Å². The van der Waals surface area contributed by atoms with E-state index >= 15 is 0 Å². The molecule has 0 N–H and O–H groups in total. The second-order valence-corrected chi connectivity index (χ2v) is 34.7. The summed E-state index contributed by atoms with van der Waals surface area (Å²) in [5.74, 6) is 0. The van der Waals surface area contributed by atoms with Crippen LogP contribution in [0.5, 0.6) is 0 Å². The molecule has 5 aliphatic carbocycles. The van der Waals surface area contributed by atoms with Crippen LogP contribution in [0, 0.1) is 0 Å². The Morgan fingerprint density at radius 2 is 0.457 bits per heavy atom. The Bertz CT molecular complexity index is 8250. The minimum Gasteiger partial charge on any atom is -0.456 e. The second kappa shape index (κ2) is 27.3. The van der Waals surface area contributed by atoms with E-state index in [1.54, 1.807) is 0 Å². The summed E-state index contributed by atoms with van der Waals surface area (Å²) in [7, 11) is 0. The average molecular weight is 1610 g/mol. The first kappa shape index (κ1) is 71.2. The number of para-hydroxylation sites is 3. The molecular formula is C123H76N2O2. The molecule has 1 unspecified atom stereocenters. The SMILES string of the molecule is c1ccc(C2(c3ccccc3)c3ccccc3-c3ccc(N(c4ccc(-c5ccc6oc7ccccc7c6c5)cc4)c4ccc5c(c4)C4(c6ccccc6-c6cc(-c7cccc(-c8ccccc8N(c8ccc(-c9ccc%10oc%11ccccc%11c%10c9)cc8)c8ccc9c(c8)C8(c%10ccccc%10-c%10ccccc%108)c8ccccc8-9)c7)ccc64)c4ccccc4-5)cc32)cc1. The van der Waals surface area contributed by atoms with Gasteiger partial charge in [-0.15, -0.1) is 0 Å². The van der Waals surface area contributed by atoms with Gasteiger partial charge in [0.2, 0.25) is 0 Å². The van der Waals surface area contributed by atoms with Gasteiger partial charge in [-0.25, -0.2) is 0 Å². The van der Waals surface area contributed by atoms with Gasteiger partial charge in [0.1, 0.15) is 22.3 Å². The summed E-state index contributed by atoms with van der Waals surface area (Å²) in [6.45, 7) is 0. The van der Waals surface area contributed by atoms with E-state index in [2.05, 4.69) is 459 Å². The van der Waals surface area contributed by atoms with E-state index in [-0.39, 0.29) is 0 Å². The van der Waals surface area contributed by atoms with Crippen LogP contribution in [0.4, 0.5) is 34.1 Å². The average Bonchev–Trinajstić information content (AvgIpc) is 1.51. The summed E-state index contributed by atoms with van der Waals surface area (Å²) in [6, 6.07) is 173. The topological polar surface area (TPSA) is 32.8 Å². The van der Waals surface area contributed by atoms with E-state index in [0.29, 0.717) is 0 Å². The molecule has 0 fully saturated rings. The van der Waals surface area contributed by atoms with Crippen LogP contribution in [0.1, 0.15) is 66.8 Å². The zero-order valence-corrected chi connectivity index (χ0v) is 69.1. The Balaban J connectivity index is 0.605. The highest BCUT2D eigenvalue weighted by atomic mass is 16.3. The molecule has 2 aromatic heterocycles. The van der Waals surface area contributed by atoms with Gasteiger partial charge >= 0.3 is 0 Å². The van der Waals surface area contributed by atoms with Crippen LogP contribution >= 0.6 is 0 Å². The van der Waals surface area contributed by atoms with E-state index in [1.807, 2.05) is 12.1 Å². The Kier molecular flexibility index (Phi) is 15.3. The number of nitrogens with zero attached hydrogens (tertiary/aromatic N) is 2. The lowest BCUT2D eigenvalue weighted by atomic mass is 9.67. The van der Waals surface area contributed by atoms with E-state index in [1.165, 1.54) is 122 Å². The molecule has 0 radical (unpaired) electrons. The number of rotatable bonds is 12. The zero-order chi connectivity index (χ0) is 83.2. The maximum atomic E-state index is 6.36. The third-order valence-corrected chi connectivity index (χ3v) is 28.6. The molecular weight excluding hydrogens is 1540 g/mol. The van der Waals surface area contributed by atoms with E-state index < -0.39 is 16.2 Å². The first-order chi connectivity index (χ1) is 62.9. The summed E-state index contributed by atoms with van der Waals surface area (Å²) < 4.78 is 12.7. The van der Waals surface area contributed by atoms with E-state index in [4.69, 9.17) is 8.83 Å². The van der Waals surface area contributed by atoms with Crippen LogP contribution in [0.25, 0.3) is 144 Å². The lowest BCUT2D eigenvalue weighted by Gasteiger charge is -2.35. The summed E-state index contributed by atoms with van der Waals surface area (Å²) in [4.78, 5) is 5.02. The molecule has 0 bridgehead atoms. The molecule has 2 spiro atoms. The molecule has 0 saturated carbocycles. The fourth-order valence-corrected chi connectivity index (χ4v) is 23.3. The van der Waals surface area contributed by atoms with Crippen LogP contribution < -0.4 is 9.80 Å². The molecule has 0 saturated heterocycles. The Labute approximate surface area is 735 Å². The van der Waals surface area contributed by atoms with Gasteiger partial charge < -0.3 is 18.6 Å². The zero-order valence-electron chi connectivity index (χ0n) is 69.1. The Morgan fingerprint density at radius 3 is 0.921 bits per heavy atom. The van der Waals surface area contributed by atoms with Gasteiger partial charge in [-0.2, -0.15) is 0 Å². The largest absolute Gasteiger partial charge is 0.456 e. The maximum absolute atomic E-state index is 6.36. The van der Waals surface area contributed by atoms with Crippen molar-refractivity contribution in [3.63, 3.8) is 0 Å². The summed E-state index contributed by atoms with van der Waals surface area (Å²) >= 11 is 0. The van der Waals surface area contributed by atoms with Crippen molar-refractivity contribution >= 4 is 78.0 Å². The lowest BCUT2D eigenvalue weighted by Crippen LogP contribution is -2.28. The highest BCUT2D eigenvalue weighted by Gasteiger charge is 2.54. The number of furan rings is 2. The first-order valence-electron chi connectivity index (χ1n) is 44.1. The molecule has 590 valence electrons. The molecule has 20 aromatic carbocycles. The number of fused-ring (bicyclic) bond motifs is 29. The van der Waals surface area contributed by atoms with Gasteiger partial charge in [0.05, 0.1) is 21.9 Å². The van der Waals surface area contributed by atoms with Crippen molar-refractivity contribution < 1.29 is 8.83 Å². The van der Waals surface area contributed by atoms with E-state index in [0.717, 1.165) is 123 Å². The van der Waals surface area contributed by atoms with Crippen LogP contribution in [-0.4, -0.2) is 0 Å². The van der Waals surface area contributed by atoms with Gasteiger partial charge in [0.15, 0.2) is 0 Å². The minimum atomic E-state index is -0.678. The van der Waals surface area contributed by atoms with Crippen LogP contribution in [0.15, 0.2) is 470 Å². The molecule has 4 nitrogen and oxygen atoms in total. The fourth-order valence-electron chi connectivity index (χ4n) is 23.3. The van der Waals surface area contributed by atoms with Gasteiger partial charge in [-0.3, -0.25) is 0 Å². The van der Waals surface area contributed by atoms with Crippen LogP contribution in [0.2, 0.25) is 0 Å². The second-order valence-electron chi connectivity index (χ2n) is 34.7. The van der Waals surface area contributed by atoms with Crippen molar-refractivity contribution in [3.8, 4) is 100 Å². The molecule has 1 atom stereocenters. The van der Waals surface area contributed by atoms with Crippen molar-refractivity contribution in [2.24, 2.45) is 0 Å². The molecule has 127 heavy (non-hydrogen) atoms. The standard InChI is InChI=1S/C123H76N2O2/c1-3-28-84(29-4-1)121(85-30-5-2-6-31-85)106-41-16-7-35-94(106)98-64-61-88(74-113(98)121)124(86-57-50-77(51-58-86)80-55-68-119-104(72-80)101-39-14-23-48-117(101)126-119)89-62-65-99-96-37-11-20-45-110(96)123(114(99)75-89)111-46-21-12-38-97(111)103-71-82(54-67-112(103)123)79-26-25-27-83(70-79)91-32-13-22-47-116(91)125(87-59-52-78(53-60-87)81-56-69-120-105(73-81)102-40-15-24-49-118(102)127-120)90-63-66-100-95-36-10-19-44-109(95)122(115(100)76-90)107-42-17-8-33-92(107)93-34-9-18-43-108(93)122/h1-76H. The lowest BCUT2D eigenvalue weighted by molar-refractivity contribution is 0.668. The molecule has 5 aliphatic rings. The highest BCUT2D eigenvalue weighted by molar-refractivity contribution is 6.09. The van der Waals surface area contributed by atoms with Crippen LogP contribution in [-0.2, 0) is 16.2 Å². The van der Waals surface area contributed by atoms with Crippen molar-refractivity contribution in [2.45, 2.75) is 16.2 Å². The van der Waals surface area contributed by atoms with Crippen LogP contribution in [0.3, 0.4) is 0 Å². The Hall–Kier alpha value is -16.4. The predicted molar refractivity (Wildman–Crippen MR) is 522 cm³/mol. The minimum absolute atomic E-state index is 0.540. The maximum Gasteiger partial charge on any atom is 0.135 e. The van der Waals surface area contributed by atoms with Crippen molar-refractivity contribution in [1.29, 1.82) is 0 Å². The quantitative estimate of drug-likeness (QED) is 0.122. The van der Waals surface area contributed by atoms with Crippen molar-refractivity contribution in [1.82, 2.24) is 0 Å². The highest BCUT2D eigenvalue weighted by Crippen LogP contribution is 2.67. The smallest absolute Gasteiger partial charge is 0.135 e. The van der Waals surface area contributed by atoms with Crippen molar-refractivity contribution in [2.75, 3.05) is 9.80 Å². The third-order valence-electron chi connectivity index (χ3n) is 28.6. The fraction of sp³-hybridized carbons (Fsp3) is 0.0244. The summed E-state index contributed by atoms with van der Waals surface area (Å²) in [5.41, 5.74) is 44.9. The third kappa shape index (κ3) is 10.1. The molecule has 0 aliphatic heterocycles. The normalized spacial score (nSPS) is 14.5. The molecule has 0 amide bonds. The van der Waals surface area contributed by atoms with Gasteiger partial charge in [0.25, 0.3) is 0 Å². The molecule has 22 aromatic rings. The summed E-state index contributed by atoms with van der Waals surface area (Å²) in [5, 5.41) is 4.45. The number of anilines is 6. The van der Waals surface area contributed by atoms with E-state index in [9.17, 15) is 0 Å². The first-order valence-corrected chi connectivity index (χ1v) is 44.1. The monoisotopic (exact) mass is 1610 g/mol. The number of hydrogen-bond donors (Lipinski definition) is 0. The molecule has 2 heterocycles. The van der Waals surface area contributed by atoms with Crippen molar-refractivity contribution in [3.05, 3.63) is 528 Å². The van der Waals surface area contributed by atoms with Gasteiger partial charge in [-0.1, -0.05) is 346 Å².